The van der Waals surface area contributed by atoms with Crippen LogP contribution < -0.4 is 0 Å². The smallest absolute Gasteiger partial charge is 0.184 e. The van der Waals surface area contributed by atoms with Gasteiger partial charge in [0.15, 0.2) is 6.29 Å². The summed E-state index contributed by atoms with van der Waals surface area (Å²) >= 11 is 0. The number of rotatable bonds is 2. The quantitative estimate of drug-likeness (QED) is 0.826. The molecule has 7 atom stereocenters. The van der Waals surface area contributed by atoms with E-state index in [1.807, 2.05) is 12.2 Å². The third kappa shape index (κ3) is 4.96. The highest BCUT2D eigenvalue weighted by Gasteiger charge is 2.38. The molecule has 5 nitrogen and oxygen atoms in total. The van der Waals surface area contributed by atoms with E-state index in [1.165, 1.54) is 5.56 Å². The van der Waals surface area contributed by atoms with Gasteiger partial charge in [0.2, 0.25) is 0 Å². The third-order valence-corrected chi connectivity index (χ3v) is 5.79. The molecule has 7 unspecified atom stereocenters. The molecule has 1 fully saturated rings. The summed E-state index contributed by atoms with van der Waals surface area (Å²) in [5, 5.41) is 8.82. The lowest BCUT2D eigenvalue weighted by molar-refractivity contribution is -0.268. The molecule has 0 aromatic heterocycles. The van der Waals surface area contributed by atoms with Gasteiger partial charge in [0.05, 0.1) is 25.7 Å². The average Bonchev–Trinajstić information content (AvgIpc) is 2.71. The molecule has 3 heterocycles. The predicted octanol–water partition coefficient (Wildman–Crippen LogP) is 4.12. The van der Waals surface area contributed by atoms with Crippen molar-refractivity contribution in [2.45, 2.75) is 52.3 Å². The second kappa shape index (κ2) is 9.59. The molecule has 28 heavy (non-hydrogen) atoms. The van der Waals surface area contributed by atoms with E-state index in [0.717, 1.165) is 5.56 Å². The standard InChI is InChI=1S/C15H18O3.C8H14O2/c1-10-3-5-12(6-4-10)15-17-9-13-14(18-15)11(2)7-8-16-13;1-6-3-4-10-8(5-9)7(6)2/h3-8,11,13-15H,9H2,1-2H3;3-4,6-9H,5H2,1-2H3. The van der Waals surface area contributed by atoms with Crippen LogP contribution in [0.4, 0.5) is 0 Å². The van der Waals surface area contributed by atoms with E-state index in [-0.39, 0.29) is 31.2 Å². The highest BCUT2D eigenvalue weighted by molar-refractivity contribution is 5.22. The second-order valence-corrected chi connectivity index (χ2v) is 7.94. The first-order valence-electron chi connectivity index (χ1n) is 10.1. The van der Waals surface area contributed by atoms with Gasteiger partial charge in [0.1, 0.15) is 18.3 Å². The molecule has 3 aliphatic heterocycles. The van der Waals surface area contributed by atoms with Crippen LogP contribution in [0.3, 0.4) is 0 Å². The number of benzene rings is 1. The Morgan fingerprint density at radius 1 is 0.964 bits per heavy atom. The first-order chi connectivity index (χ1) is 13.5. The van der Waals surface area contributed by atoms with E-state index in [2.05, 4.69) is 52.0 Å². The molecule has 0 radical (unpaired) electrons. The van der Waals surface area contributed by atoms with Gasteiger partial charge in [0, 0.05) is 17.4 Å². The summed E-state index contributed by atoms with van der Waals surface area (Å²) in [6, 6.07) is 8.28. The summed E-state index contributed by atoms with van der Waals surface area (Å²) in [4.78, 5) is 0. The molecular weight excluding hydrogens is 356 g/mol. The number of ether oxygens (including phenoxy) is 4. The fourth-order valence-corrected chi connectivity index (χ4v) is 3.52. The summed E-state index contributed by atoms with van der Waals surface area (Å²) < 4.78 is 22.5. The summed E-state index contributed by atoms with van der Waals surface area (Å²) in [5.74, 6) is 1.31. The van der Waals surface area contributed by atoms with Crippen molar-refractivity contribution in [2.75, 3.05) is 13.2 Å². The largest absolute Gasteiger partial charge is 0.496 e. The molecule has 0 spiro atoms. The molecule has 4 rings (SSSR count). The Labute approximate surface area is 167 Å². The Hall–Kier alpha value is -1.82. The van der Waals surface area contributed by atoms with Crippen molar-refractivity contribution >= 4 is 0 Å². The van der Waals surface area contributed by atoms with Gasteiger partial charge < -0.3 is 24.1 Å². The number of fused-ring (bicyclic) bond motifs is 1. The molecule has 154 valence electrons. The summed E-state index contributed by atoms with van der Waals surface area (Å²) in [5.41, 5.74) is 2.31. The van der Waals surface area contributed by atoms with Crippen LogP contribution in [0.2, 0.25) is 0 Å². The maximum Gasteiger partial charge on any atom is 0.184 e. The van der Waals surface area contributed by atoms with E-state index in [0.29, 0.717) is 24.4 Å². The Balaban J connectivity index is 0.000000192. The van der Waals surface area contributed by atoms with Crippen molar-refractivity contribution in [3.05, 3.63) is 60.1 Å². The van der Waals surface area contributed by atoms with Crippen molar-refractivity contribution < 1.29 is 24.1 Å². The van der Waals surface area contributed by atoms with Crippen LogP contribution in [0.15, 0.2) is 48.9 Å². The van der Waals surface area contributed by atoms with Gasteiger partial charge in [-0.05, 0) is 25.0 Å². The number of aliphatic hydroxyl groups excluding tert-OH is 1. The van der Waals surface area contributed by atoms with Crippen molar-refractivity contribution in [1.29, 1.82) is 0 Å². The zero-order valence-corrected chi connectivity index (χ0v) is 17.2. The molecular formula is C23H32O5. The summed E-state index contributed by atoms with van der Waals surface area (Å²) in [6.07, 6.45) is 7.33. The zero-order chi connectivity index (χ0) is 20.1. The number of aliphatic hydroxyl groups is 1. The molecule has 1 saturated heterocycles. The number of allylic oxidation sites excluding steroid dienone is 1. The molecule has 1 N–H and O–H groups in total. The highest BCUT2D eigenvalue weighted by atomic mass is 16.7. The van der Waals surface area contributed by atoms with Gasteiger partial charge >= 0.3 is 0 Å². The van der Waals surface area contributed by atoms with Crippen LogP contribution in [-0.2, 0) is 18.9 Å². The van der Waals surface area contributed by atoms with Crippen molar-refractivity contribution in [3.8, 4) is 0 Å². The molecule has 3 aliphatic rings. The van der Waals surface area contributed by atoms with E-state index in [9.17, 15) is 0 Å². The van der Waals surface area contributed by atoms with Crippen LogP contribution in [0.25, 0.3) is 0 Å². The molecule has 0 aliphatic carbocycles. The van der Waals surface area contributed by atoms with Gasteiger partial charge in [0.25, 0.3) is 0 Å². The van der Waals surface area contributed by atoms with Crippen molar-refractivity contribution in [1.82, 2.24) is 0 Å². The maximum atomic E-state index is 8.82. The fourth-order valence-electron chi connectivity index (χ4n) is 3.52. The van der Waals surface area contributed by atoms with E-state index < -0.39 is 0 Å². The Kier molecular flexibility index (Phi) is 7.16. The minimum Gasteiger partial charge on any atom is -0.496 e. The van der Waals surface area contributed by atoms with Gasteiger partial charge in [-0.25, -0.2) is 0 Å². The third-order valence-electron chi connectivity index (χ3n) is 5.79. The maximum absolute atomic E-state index is 8.82. The Morgan fingerprint density at radius 3 is 2.32 bits per heavy atom. The fraction of sp³-hybridized carbons (Fsp3) is 0.565. The van der Waals surface area contributed by atoms with Gasteiger partial charge in [-0.1, -0.05) is 50.6 Å². The van der Waals surface area contributed by atoms with Gasteiger partial charge in [-0.15, -0.1) is 0 Å². The lowest BCUT2D eigenvalue weighted by Crippen LogP contribution is -2.46. The first-order valence-corrected chi connectivity index (χ1v) is 10.1. The Bertz CT molecular complexity index is 668. The SMILES string of the molecule is CC1C=COC(CO)C1C.Cc1ccc(C2OCC3OC=CC(C)C3O2)cc1. The molecule has 1 aromatic carbocycles. The van der Waals surface area contributed by atoms with E-state index in [1.54, 1.807) is 12.5 Å². The molecule has 0 bridgehead atoms. The molecule has 5 heteroatoms. The van der Waals surface area contributed by atoms with Gasteiger partial charge in [-0.2, -0.15) is 0 Å². The normalized spacial score (nSPS) is 36.4. The van der Waals surface area contributed by atoms with Crippen LogP contribution in [-0.4, -0.2) is 36.6 Å². The minimum atomic E-state index is -0.274. The zero-order valence-electron chi connectivity index (χ0n) is 17.2. The van der Waals surface area contributed by atoms with E-state index in [4.69, 9.17) is 24.1 Å². The second-order valence-electron chi connectivity index (χ2n) is 7.94. The summed E-state index contributed by atoms with van der Waals surface area (Å²) in [6.45, 7) is 9.15. The summed E-state index contributed by atoms with van der Waals surface area (Å²) in [7, 11) is 0. The topological polar surface area (TPSA) is 57.2 Å². The average molecular weight is 389 g/mol. The predicted molar refractivity (Wildman–Crippen MR) is 107 cm³/mol. The molecule has 1 aromatic rings. The molecule has 0 saturated carbocycles. The van der Waals surface area contributed by atoms with Gasteiger partial charge in [-0.3, -0.25) is 0 Å². The number of aryl methyl sites for hydroxylation is 1. The molecule has 0 amide bonds. The lowest BCUT2D eigenvalue weighted by atomic mass is 9.89. The van der Waals surface area contributed by atoms with Crippen LogP contribution in [0.1, 0.15) is 38.2 Å². The number of hydrogen-bond donors (Lipinski definition) is 1. The van der Waals surface area contributed by atoms with E-state index >= 15 is 0 Å². The number of hydrogen-bond acceptors (Lipinski definition) is 5. The lowest BCUT2D eigenvalue weighted by Gasteiger charge is -2.40. The Morgan fingerprint density at radius 2 is 1.64 bits per heavy atom. The van der Waals surface area contributed by atoms with Crippen molar-refractivity contribution in [3.63, 3.8) is 0 Å². The minimum absolute atomic E-state index is 0.000000000000000444. The van der Waals surface area contributed by atoms with Crippen molar-refractivity contribution in [2.24, 2.45) is 17.8 Å². The van der Waals surface area contributed by atoms with Crippen LogP contribution in [0, 0.1) is 24.7 Å². The first kappa shape index (κ1) is 20.9. The monoisotopic (exact) mass is 388 g/mol. The van der Waals surface area contributed by atoms with Crippen LogP contribution in [0.5, 0.6) is 0 Å². The highest BCUT2D eigenvalue weighted by Crippen LogP contribution is 2.33. The van der Waals surface area contributed by atoms with Crippen LogP contribution >= 0.6 is 0 Å².